The number of terminal acetylenes is 1. The third kappa shape index (κ3) is 5.29. The van der Waals surface area contributed by atoms with E-state index in [1.54, 1.807) is 0 Å². The summed E-state index contributed by atoms with van der Waals surface area (Å²) >= 11 is 0. The second-order valence-corrected chi connectivity index (χ2v) is 4.31. The lowest BCUT2D eigenvalue weighted by Crippen LogP contribution is -2.37. The largest absolute Gasteiger partial charge is 0.299 e. The second-order valence-electron chi connectivity index (χ2n) is 4.31. The lowest BCUT2D eigenvalue weighted by molar-refractivity contribution is 0.170. The van der Waals surface area contributed by atoms with Gasteiger partial charge in [0.05, 0.1) is 0 Å². The smallest absolute Gasteiger partial charge is 0.0214 e. The van der Waals surface area contributed by atoms with Gasteiger partial charge in [-0.05, 0) is 18.8 Å². The minimum Gasteiger partial charge on any atom is -0.299 e. The topological polar surface area (TPSA) is 3.24 Å². The molecule has 0 aromatic carbocycles. The molecule has 0 aliphatic heterocycles. The van der Waals surface area contributed by atoms with Crippen LogP contribution in [-0.4, -0.2) is 24.0 Å². The van der Waals surface area contributed by atoms with Gasteiger partial charge >= 0.3 is 0 Å². The molecule has 0 bridgehead atoms. The van der Waals surface area contributed by atoms with Gasteiger partial charge in [0.25, 0.3) is 0 Å². The van der Waals surface area contributed by atoms with E-state index in [0.717, 1.165) is 18.9 Å². The summed E-state index contributed by atoms with van der Waals surface area (Å²) in [5, 5.41) is 0. The molecule has 0 N–H and O–H groups in total. The zero-order valence-corrected chi connectivity index (χ0v) is 10.2. The molecule has 0 amide bonds. The summed E-state index contributed by atoms with van der Waals surface area (Å²) in [6, 6.07) is 0.714. The van der Waals surface area contributed by atoms with Gasteiger partial charge < -0.3 is 0 Å². The fraction of sp³-hybridized carbons (Fsp3) is 0.846. The first kappa shape index (κ1) is 13.5. The van der Waals surface area contributed by atoms with Gasteiger partial charge in [-0.15, -0.1) is 12.3 Å². The third-order valence-corrected chi connectivity index (χ3v) is 2.60. The van der Waals surface area contributed by atoms with Crippen molar-refractivity contribution in [3.8, 4) is 12.3 Å². The highest BCUT2D eigenvalue weighted by Crippen LogP contribution is 2.11. The summed E-state index contributed by atoms with van der Waals surface area (Å²) in [7, 11) is 0. The molecule has 0 heterocycles. The summed E-state index contributed by atoms with van der Waals surface area (Å²) < 4.78 is 0. The minimum absolute atomic E-state index is 0.714. The van der Waals surface area contributed by atoms with Crippen molar-refractivity contribution in [3.05, 3.63) is 0 Å². The number of rotatable bonds is 7. The zero-order valence-electron chi connectivity index (χ0n) is 10.2. The van der Waals surface area contributed by atoms with Crippen LogP contribution in [0.25, 0.3) is 0 Å². The maximum absolute atomic E-state index is 5.31. The predicted molar refractivity (Wildman–Crippen MR) is 64.2 cm³/mol. The monoisotopic (exact) mass is 195 g/mol. The Kier molecular flexibility index (Phi) is 7.61. The van der Waals surface area contributed by atoms with E-state index < -0.39 is 0 Å². The highest BCUT2D eigenvalue weighted by atomic mass is 15.1. The van der Waals surface area contributed by atoms with Crippen LogP contribution in [0.1, 0.15) is 47.0 Å². The van der Waals surface area contributed by atoms with Crippen LogP contribution in [0.15, 0.2) is 0 Å². The molecule has 0 saturated heterocycles. The fourth-order valence-corrected chi connectivity index (χ4v) is 1.91. The quantitative estimate of drug-likeness (QED) is 0.564. The Morgan fingerprint density at radius 1 is 1.21 bits per heavy atom. The number of hydrogen-bond acceptors (Lipinski definition) is 1. The molecule has 0 spiro atoms. The summed E-state index contributed by atoms with van der Waals surface area (Å²) in [5.41, 5.74) is 0. The standard InChI is InChI=1S/C13H25N/c1-6-9-10-14(11-12(4)5)13(7-2)8-3/h1,12-13H,7-11H2,2-5H3. The van der Waals surface area contributed by atoms with Gasteiger partial charge in [0.1, 0.15) is 0 Å². The first-order valence-electron chi connectivity index (χ1n) is 5.83. The van der Waals surface area contributed by atoms with Crippen LogP contribution in [0.2, 0.25) is 0 Å². The average molecular weight is 195 g/mol. The highest BCUT2D eigenvalue weighted by Gasteiger charge is 2.14. The van der Waals surface area contributed by atoms with E-state index in [1.165, 1.54) is 19.4 Å². The van der Waals surface area contributed by atoms with E-state index in [4.69, 9.17) is 6.42 Å². The third-order valence-electron chi connectivity index (χ3n) is 2.60. The van der Waals surface area contributed by atoms with E-state index in [9.17, 15) is 0 Å². The Balaban J connectivity index is 4.14. The second kappa shape index (κ2) is 7.88. The molecule has 0 radical (unpaired) electrons. The van der Waals surface area contributed by atoms with Crippen molar-refractivity contribution in [2.75, 3.05) is 13.1 Å². The highest BCUT2D eigenvalue weighted by molar-refractivity contribution is 4.86. The maximum atomic E-state index is 5.31. The van der Waals surface area contributed by atoms with E-state index in [1.807, 2.05) is 0 Å². The minimum atomic E-state index is 0.714. The molecule has 0 aromatic rings. The van der Waals surface area contributed by atoms with E-state index in [0.29, 0.717) is 6.04 Å². The Morgan fingerprint density at radius 2 is 1.79 bits per heavy atom. The SMILES string of the molecule is C#CCCN(CC(C)C)C(CC)CC. The Bertz CT molecular complexity index is 163. The lowest BCUT2D eigenvalue weighted by atomic mass is 10.1. The zero-order chi connectivity index (χ0) is 11.0. The van der Waals surface area contributed by atoms with Crippen LogP contribution >= 0.6 is 0 Å². The summed E-state index contributed by atoms with van der Waals surface area (Å²) in [6.45, 7) is 11.3. The van der Waals surface area contributed by atoms with Gasteiger partial charge in [-0.2, -0.15) is 0 Å². The molecule has 0 aliphatic rings. The van der Waals surface area contributed by atoms with E-state index in [-0.39, 0.29) is 0 Å². The Hall–Kier alpha value is -0.480. The van der Waals surface area contributed by atoms with Gasteiger partial charge in [-0.1, -0.05) is 27.7 Å². The molecule has 0 fully saturated rings. The van der Waals surface area contributed by atoms with Crippen molar-refractivity contribution in [1.82, 2.24) is 4.90 Å². The van der Waals surface area contributed by atoms with Gasteiger partial charge in [-0.3, -0.25) is 4.90 Å². The number of nitrogens with zero attached hydrogens (tertiary/aromatic N) is 1. The fourth-order valence-electron chi connectivity index (χ4n) is 1.91. The van der Waals surface area contributed by atoms with Crippen molar-refractivity contribution < 1.29 is 0 Å². The summed E-state index contributed by atoms with van der Waals surface area (Å²) in [5.74, 6) is 3.46. The van der Waals surface area contributed by atoms with Crippen LogP contribution in [-0.2, 0) is 0 Å². The first-order chi connectivity index (χ1) is 6.65. The predicted octanol–water partition coefficient (Wildman–Crippen LogP) is 3.16. The summed E-state index contributed by atoms with van der Waals surface area (Å²) in [6.07, 6.45) is 8.65. The van der Waals surface area contributed by atoms with Gasteiger partial charge in [0.2, 0.25) is 0 Å². The molecule has 0 rings (SSSR count). The van der Waals surface area contributed by atoms with Crippen LogP contribution in [0.3, 0.4) is 0 Å². The van der Waals surface area contributed by atoms with Crippen molar-refractivity contribution in [1.29, 1.82) is 0 Å². The Labute approximate surface area is 89.9 Å². The molecular formula is C13H25N. The molecule has 1 nitrogen and oxygen atoms in total. The van der Waals surface area contributed by atoms with Gasteiger partial charge in [-0.25, -0.2) is 0 Å². The first-order valence-corrected chi connectivity index (χ1v) is 5.83. The molecule has 0 atom stereocenters. The molecule has 82 valence electrons. The molecular weight excluding hydrogens is 170 g/mol. The van der Waals surface area contributed by atoms with Crippen LogP contribution in [0.5, 0.6) is 0 Å². The molecule has 0 aromatic heterocycles. The summed E-state index contributed by atoms with van der Waals surface area (Å²) in [4.78, 5) is 2.55. The number of hydrogen-bond donors (Lipinski definition) is 0. The molecule has 0 aliphatic carbocycles. The molecule has 0 unspecified atom stereocenters. The lowest BCUT2D eigenvalue weighted by Gasteiger charge is -2.31. The van der Waals surface area contributed by atoms with Crippen LogP contribution in [0.4, 0.5) is 0 Å². The molecule has 0 saturated carbocycles. The van der Waals surface area contributed by atoms with Crippen LogP contribution < -0.4 is 0 Å². The van der Waals surface area contributed by atoms with E-state index >= 15 is 0 Å². The average Bonchev–Trinajstić information content (AvgIpc) is 2.15. The Morgan fingerprint density at radius 3 is 2.14 bits per heavy atom. The van der Waals surface area contributed by atoms with Gasteiger partial charge in [0, 0.05) is 25.6 Å². The van der Waals surface area contributed by atoms with Crippen molar-refractivity contribution >= 4 is 0 Å². The van der Waals surface area contributed by atoms with Crippen molar-refractivity contribution in [3.63, 3.8) is 0 Å². The molecule has 14 heavy (non-hydrogen) atoms. The van der Waals surface area contributed by atoms with Crippen molar-refractivity contribution in [2.24, 2.45) is 5.92 Å². The van der Waals surface area contributed by atoms with Gasteiger partial charge in [0.15, 0.2) is 0 Å². The molecule has 1 heteroatoms. The maximum Gasteiger partial charge on any atom is 0.0214 e. The van der Waals surface area contributed by atoms with E-state index in [2.05, 4.69) is 38.5 Å². The van der Waals surface area contributed by atoms with Crippen LogP contribution in [0, 0.1) is 18.3 Å². The normalized spacial score (nSPS) is 11.3. The van der Waals surface area contributed by atoms with Crippen molar-refractivity contribution in [2.45, 2.75) is 53.0 Å².